The van der Waals surface area contributed by atoms with Gasteiger partial charge in [0.1, 0.15) is 0 Å². The monoisotopic (exact) mass is 782 g/mol. The van der Waals surface area contributed by atoms with Gasteiger partial charge in [0.05, 0.1) is 58.0 Å². The first kappa shape index (κ1) is 43.3. The fraction of sp³-hybridized carbons (Fsp3) is 0.372. The molecule has 14 heteroatoms. The minimum atomic E-state index is -0.754. The number of rotatable bonds is 17. The Labute approximate surface area is 330 Å². The topological polar surface area (TPSA) is 181 Å². The fourth-order valence-electron chi connectivity index (χ4n) is 5.01. The Hall–Kier alpha value is -6.40. The number of nitrogens with one attached hydrogen (secondary N) is 2. The number of aromatic amines is 2. The quantitative estimate of drug-likeness (QED) is 0.0476. The van der Waals surface area contributed by atoms with Gasteiger partial charge in [0.15, 0.2) is 11.4 Å². The lowest BCUT2D eigenvalue weighted by molar-refractivity contribution is 0.0317. The molecule has 2 heterocycles. The summed E-state index contributed by atoms with van der Waals surface area (Å²) in [6, 6.07) is 12.3. The van der Waals surface area contributed by atoms with E-state index in [0.29, 0.717) is 48.2 Å². The van der Waals surface area contributed by atoms with E-state index in [2.05, 4.69) is 15.9 Å². The molecular weight excluding hydrogens is 732 g/mol. The predicted molar refractivity (Wildman–Crippen MR) is 215 cm³/mol. The Morgan fingerprint density at radius 2 is 0.930 bits per heavy atom. The van der Waals surface area contributed by atoms with Crippen molar-refractivity contribution in [2.75, 3.05) is 0 Å². The van der Waals surface area contributed by atoms with Crippen LogP contribution in [0.25, 0.3) is 23.5 Å². The van der Waals surface area contributed by atoms with Crippen molar-refractivity contribution < 1.29 is 38.1 Å². The molecule has 57 heavy (non-hydrogen) atoms. The molecule has 2 aromatic heterocycles. The van der Waals surface area contributed by atoms with Crippen molar-refractivity contribution in [1.29, 1.82) is 0 Å². The molecule has 0 fully saturated rings. The number of carbonyl (C=O) groups is 4. The van der Waals surface area contributed by atoms with Crippen LogP contribution in [0.4, 0.5) is 0 Å². The summed E-state index contributed by atoms with van der Waals surface area (Å²) in [6.45, 7) is 14.6. The van der Waals surface area contributed by atoms with E-state index in [0.717, 1.165) is 9.36 Å². The summed E-state index contributed by atoms with van der Waals surface area (Å²) in [5, 5.41) is 5.66. The highest BCUT2D eigenvalue weighted by molar-refractivity contribution is 5.93. The molecule has 0 aliphatic carbocycles. The van der Waals surface area contributed by atoms with Gasteiger partial charge in [-0.15, -0.1) is 5.73 Å². The summed E-state index contributed by atoms with van der Waals surface area (Å²) in [5.74, 6) is -2.49. The Balaban J connectivity index is 1.70. The zero-order valence-electron chi connectivity index (χ0n) is 33.5. The maximum atomic E-state index is 13.7. The third-order valence-corrected chi connectivity index (χ3v) is 9.20. The Morgan fingerprint density at radius 1 is 0.579 bits per heavy atom. The largest absolute Gasteiger partial charge is 0.459 e. The van der Waals surface area contributed by atoms with Crippen LogP contribution < -0.4 is 11.1 Å². The van der Waals surface area contributed by atoms with Gasteiger partial charge in [-0.2, -0.15) is 0 Å². The van der Waals surface area contributed by atoms with Crippen LogP contribution >= 0.6 is 0 Å². The van der Waals surface area contributed by atoms with E-state index < -0.39 is 47.2 Å². The molecule has 4 atom stereocenters. The van der Waals surface area contributed by atoms with E-state index in [1.54, 1.807) is 52.0 Å². The lowest BCUT2D eigenvalue weighted by atomic mass is 10.2. The Morgan fingerprint density at radius 3 is 1.32 bits per heavy atom. The van der Waals surface area contributed by atoms with E-state index in [1.165, 1.54) is 48.6 Å². The number of benzene rings is 2. The maximum Gasteiger partial charge on any atom is 0.357 e. The molecule has 14 nitrogen and oxygen atoms in total. The molecule has 2 aromatic carbocycles. The molecule has 4 aromatic rings. The number of hydrogen-bond donors (Lipinski definition) is 2. The Kier molecular flexibility index (Phi) is 15.2. The molecule has 0 saturated heterocycles. The van der Waals surface area contributed by atoms with Crippen LogP contribution in [-0.2, 0) is 18.9 Å². The second kappa shape index (κ2) is 20.0. The first-order chi connectivity index (χ1) is 27.2. The van der Waals surface area contributed by atoms with Crippen molar-refractivity contribution in [3.05, 3.63) is 121 Å². The highest BCUT2D eigenvalue weighted by atomic mass is 16.6. The smallest absolute Gasteiger partial charge is 0.357 e. The number of esters is 4. The molecule has 2 N–H and O–H groups in total. The first-order valence-electron chi connectivity index (χ1n) is 19.1. The second-order valence-corrected chi connectivity index (χ2v) is 13.5. The van der Waals surface area contributed by atoms with Gasteiger partial charge in [0, 0.05) is 0 Å². The molecule has 0 aliphatic heterocycles. The van der Waals surface area contributed by atoms with E-state index in [9.17, 15) is 28.8 Å². The van der Waals surface area contributed by atoms with Crippen molar-refractivity contribution in [3.63, 3.8) is 0 Å². The summed E-state index contributed by atoms with van der Waals surface area (Å²) >= 11 is 0. The van der Waals surface area contributed by atoms with Crippen LogP contribution in [0.3, 0.4) is 0 Å². The van der Waals surface area contributed by atoms with Gasteiger partial charge in [-0.1, -0.05) is 33.8 Å². The lowest BCUT2D eigenvalue weighted by Gasteiger charge is -2.11. The average molecular weight is 783 g/mol. The normalized spacial score (nSPS) is 13.2. The van der Waals surface area contributed by atoms with Crippen LogP contribution in [0.5, 0.6) is 0 Å². The molecular formula is C43H50N4O10. The highest BCUT2D eigenvalue weighted by Gasteiger charge is 2.24. The van der Waals surface area contributed by atoms with Crippen molar-refractivity contribution in [2.24, 2.45) is 0 Å². The van der Waals surface area contributed by atoms with Gasteiger partial charge in [0.2, 0.25) is 0 Å². The zero-order chi connectivity index (χ0) is 41.8. The van der Waals surface area contributed by atoms with Crippen LogP contribution in [-0.4, -0.2) is 67.9 Å². The van der Waals surface area contributed by atoms with Gasteiger partial charge in [-0.05, 0) is 120 Å². The molecule has 4 rings (SSSR count). The maximum absolute atomic E-state index is 13.7. The highest BCUT2D eigenvalue weighted by Crippen LogP contribution is 2.17. The molecule has 0 aliphatic rings. The number of ether oxygens (including phenoxy) is 4. The number of carbonyl (C=O) groups excluding carboxylic acids is 4. The average Bonchev–Trinajstić information content (AvgIpc) is 3.72. The summed E-state index contributed by atoms with van der Waals surface area (Å²) < 4.78 is 24.1. The molecule has 0 bridgehead atoms. The third-order valence-electron chi connectivity index (χ3n) is 9.20. The second-order valence-electron chi connectivity index (χ2n) is 13.5. The summed E-state index contributed by atoms with van der Waals surface area (Å²) in [4.78, 5) is 78.7. The van der Waals surface area contributed by atoms with Crippen molar-refractivity contribution in [2.45, 2.75) is 105 Å². The van der Waals surface area contributed by atoms with E-state index in [1.807, 2.05) is 27.7 Å². The van der Waals surface area contributed by atoms with Gasteiger partial charge in [0.25, 0.3) is 11.1 Å². The number of hydrogen-bond acceptors (Lipinski definition) is 10. The van der Waals surface area contributed by atoms with Crippen molar-refractivity contribution in [1.82, 2.24) is 19.6 Å². The number of allylic oxidation sites excluding steroid dienone is 2. The number of H-pyrrole nitrogens is 2. The molecule has 302 valence electrons. The predicted octanol–water partition coefficient (Wildman–Crippen LogP) is 7.35. The standard InChI is InChI=1S/C43H50N4O10/c1-9-26(5)54-40(50)30-18-22-32(23-19-30)46-38(48)34(36(44-46)42(52)56-28(7)11-3)16-14-13-15-17-35-37(43(53)57-29(8)12-4)45-47(39(35)49)33-24-20-31(21-25-33)41(51)55-27(6)10-2/h13-14,16-29,44-45H,9-12H2,1-8H3. The SMILES string of the molecule is CCC(C)OC(=O)c1ccc(-n2[nH]c(C(=O)OC(C)CC)c(C=C=CC=Cc3c(C(=O)OC(C)CC)[nH]n(-c4ccc(C(=O)OC(C)CC)cc4)c3=O)c2=O)cc1. The van der Waals surface area contributed by atoms with E-state index >= 15 is 0 Å². The molecule has 0 spiro atoms. The molecule has 0 amide bonds. The lowest BCUT2D eigenvalue weighted by Crippen LogP contribution is -2.17. The summed E-state index contributed by atoms with van der Waals surface area (Å²) in [7, 11) is 0. The van der Waals surface area contributed by atoms with E-state index in [-0.39, 0.29) is 34.7 Å². The number of nitrogens with zero attached hydrogens (tertiary/aromatic N) is 2. The minimum Gasteiger partial charge on any atom is -0.459 e. The van der Waals surface area contributed by atoms with Crippen LogP contribution in [0.1, 0.15) is 134 Å². The van der Waals surface area contributed by atoms with Crippen LogP contribution in [0, 0.1) is 0 Å². The first-order valence-corrected chi connectivity index (χ1v) is 19.1. The molecule has 0 radical (unpaired) electrons. The van der Waals surface area contributed by atoms with Crippen LogP contribution in [0.2, 0.25) is 0 Å². The Bertz CT molecular complexity index is 2260. The number of aromatic nitrogens is 4. The molecule has 0 saturated carbocycles. The fourth-order valence-corrected chi connectivity index (χ4v) is 5.01. The van der Waals surface area contributed by atoms with Gasteiger partial charge >= 0.3 is 23.9 Å². The molecule has 4 unspecified atom stereocenters. The summed E-state index contributed by atoms with van der Waals surface area (Å²) in [6.07, 6.45) is 6.59. The van der Waals surface area contributed by atoms with Gasteiger partial charge < -0.3 is 18.9 Å². The zero-order valence-corrected chi connectivity index (χ0v) is 33.5. The summed E-state index contributed by atoms with van der Waals surface area (Å²) in [5.41, 5.74) is 2.71. The third kappa shape index (κ3) is 10.9. The van der Waals surface area contributed by atoms with Gasteiger partial charge in [-0.25, -0.2) is 28.5 Å². The van der Waals surface area contributed by atoms with Crippen molar-refractivity contribution in [3.8, 4) is 11.4 Å². The van der Waals surface area contributed by atoms with Gasteiger partial charge in [-0.3, -0.25) is 19.8 Å². The minimum absolute atomic E-state index is 0.0140. The van der Waals surface area contributed by atoms with Crippen LogP contribution in [0.15, 0.2) is 76.0 Å². The van der Waals surface area contributed by atoms with Crippen molar-refractivity contribution >= 4 is 36.0 Å². The van der Waals surface area contributed by atoms with E-state index in [4.69, 9.17) is 18.9 Å².